The molecule has 1 fully saturated rings. The molecule has 0 spiro atoms. The molecule has 0 aromatic heterocycles. The molecular weight excluding hydrogens is 338 g/mol. The van der Waals surface area contributed by atoms with E-state index in [4.69, 9.17) is 9.84 Å². The molecule has 1 heterocycles. The highest BCUT2D eigenvalue weighted by molar-refractivity contribution is 5.93. The van der Waals surface area contributed by atoms with E-state index in [1.54, 1.807) is 6.08 Å². The Kier molecular flexibility index (Phi) is 5.65. The molecule has 0 bridgehead atoms. The first-order valence-electron chi connectivity index (χ1n) is 8.27. The lowest BCUT2D eigenvalue weighted by Crippen LogP contribution is -2.63. The van der Waals surface area contributed by atoms with Crippen molar-refractivity contribution in [3.8, 4) is 0 Å². The number of amides is 1. The second kappa shape index (κ2) is 7.94. The first kappa shape index (κ1) is 18.5. The number of fused-ring (bicyclic) bond motifs is 1. The van der Waals surface area contributed by atoms with Crippen molar-refractivity contribution in [1.82, 2.24) is 5.32 Å². The van der Waals surface area contributed by atoms with Crippen molar-refractivity contribution < 1.29 is 30.0 Å². The van der Waals surface area contributed by atoms with Crippen LogP contribution < -0.4 is 5.32 Å². The second-order valence-electron chi connectivity index (χ2n) is 6.20. The van der Waals surface area contributed by atoms with E-state index in [0.717, 1.165) is 16.3 Å². The molecule has 1 aliphatic rings. The Morgan fingerprint density at radius 1 is 1.04 bits per heavy atom. The summed E-state index contributed by atoms with van der Waals surface area (Å²) in [6, 6.07) is 13.6. The first-order valence-corrected chi connectivity index (χ1v) is 8.27. The number of carbonyl (C=O) groups is 1. The minimum Gasteiger partial charge on any atom is -0.394 e. The fourth-order valence-corrected chi connectivity index (χ4v) is 2.89. The number of aliphatic hydroxyl groups excluding tert-OH is 4. The Morgan fingerprint density at radius 2 is 1.77 bits per heavy atom. The topological polar surface area (TPSA) is 119 Å². The number of hydrogen-bond donors (Lipinski definition) is 5. The summed E-state index contributed by atoms with van der Waals surface area (Å²) in [6.07, 6.45) is -3.91. The van der Waals surface area contributed by atoms with E-state index in [-0.39, 0.29) is 0 Å². The van der Waals surface area contributed by atoms with Crippen molar-refractivity contribution in [2.45, 2.75) is 30.6 Å². The van der Waals surface area contributed by atoms with Crippen LogP contribution in [0.5, 0.6) is 0 Å². The molecule has 0 saturated carbocycles. The van der Waals surface area contributed by atoms with Crippen LogP contribution in [-0.4, -0.2) is 63.6 Å². The maximum absolute atomic E-state index is 12.1. The maximum Gasteiger partial charge on any atom is 0.246 e. The van der Waals surface area contributed by atoms with Crippen molar-refractivity contribution in [3.05, 3.63) is 54.1 Å². The van der Waals surface area contributed by atoms with Gasteiger partial charge in [0.1, 0.15) is 24.4 Å². The normalized spacial score (nSPS) is 29.2. The molecule has 7 heteroatoms. The molecule has 3 rings (SSSR count). The summed E-state index contributed by atoms with van der Waals surface area (Å²) in [4.78, 5) is 12.1. The zero-order valence-electron chi connectivity index (χ0n) is 13.9. The maximum atomic E-state index is 12.1. The lowest BCUT2D eigenvalue weighted by molar-refractivity contribution is -0.235. The van der Waals surface area contributed by atoms with Gasteiger partial charge in [0.15, 0.2) is 6.23 Å². The van der Waals surface area contributed by atoms with Crippen LogP contribution >= 0.6 is 0 Å². The summed E-state index contributed by atoms with van der Waals surface area (Å²) in [5.41, 5.74) is 0.827. The fourth-order valence-electron chi connectivity index (χ4n) is 2.89. The van der Waals surface area contributed by atoms with Crippen molar-refractivity contribution in [2.75, 3.05) is 6.61 Å². The van der Waals surface area contributed by atoms with E-state index in [2.05, 4.69) is 5.32 Å². The van der Waals surface area contributed by atoms with Crippen LogP contribution in [0.1, 0.15) is 5.56 Å². The van der Waals surface area contributed by atoms with E-state index in [0.29, 0.717) is 0 Å². The summed E-state index contributed by atoms with van der Waals surface area (Å²) >= 11 is 0. The monoisotopic (exact) mass is 359 g/mol. The summed E-state index contributed by atoms with van der Waals surface area (Å²) < 4.78 is 5.24. The van der Waals surface area contributed by atoms with Gasteiger partial charge in [-0.15, -0.1) is 0 Å². The van der Waals surface area contributed by atoms with Crippen LogP contribution in [-0.2, 0) is 9.53 Å². The summed E-state index contributed by atoms with van der Waals surface area (Å²) in [6.45, 7) is -0.551. The van der Waals surface area contributed by atoms with Crippen molar-refractivity contribution in [3.63, 3.8) is 0 Å². The molecule has 138 valence electrons. The Labute approximate surface area is 150 Å². The number of hydrogen-bond acceptors (Lipinski definition) is 6. The van der Waals surface area contributed by atoms with Gasteiger partial charge in [-0.25, -0.2) is 0 Å². The highest BCUT2D eigenvalue weighted by atomic mass is 16.6. The van der Waals surface area contributed by atoms with E-state index in [1.807, 2.05) is 42.5 Å². The van der Waals surface area contributed by atoms with Gasteiger partial charge in [0.25, 0.3) is 0 Å². The van der Waals surface area contributed by atoms with Crippen LogP contribution in [0.4, 0.5) is 0 Å². The predicted molar refractivity (Wildman–Crippen MR) is 94.9 cm³/mol. The molecule has 1 saturated heterocycles. The zero-order chi connectivity index (χ0) is 18.7. The molecule has 0 aliphatic carbocycles. The third-order valence-corrected chi connectivity index (χ3v) is 4.38. The molecular formula is C19H21NO6. The third-order valence-electron chi connectivity index (χ3n) is 4.38. The zero-order valence-corrected chi connectivity index (χ0v) is 13.9. The molecule has 5 atom stereocenters. The highest BCUT2D eigenvalue weighted by Gasteiger charge is 2.43. The number of benzene rings is 2. The van der Waals surface area contributed by atoms with E-state index in [1.165, 1.54) is 6.08 Å². The highest BCUT2D eigenvalue weighted by Crippen LogP contribution is 2.20. The Morgan fingerprint density at radius 3 is 2.50 bits per heavy atom. The van der Waals surface area contributed by atoms with Crippen molar-refractivity contribution in [2.24, 2.45) is 0 Å². The second-order valence-corrected chi connectivity index (χ2v) is 6.20. The number of rotatable bonds is 4. The van der Waals surface area contributed by atoms with Gasteiger partial charge in [0.05, 0.1) is 6.61 Å². The number of ether oxygens (including phenoxy) is 1. The van der Waals surface area contributed by atoms with Gasteiger partial charge in [-0.05, 0) is 28.5 Å². The third kappa shape index (κ3) is 3.92. The lowest BCUT2D eigenvalue weighted by atomic mass is 9.98. The minimum absolute atomic E-state index is 0.539. The molecule has 0 radical (unpaired) electrons. The number of aliphatic hydroxyl groups is 4. The average molecular weight is 359 g/mol. The van der Waals surface area contributed by atoms with E-state index in [9.17, 15) is 20.1 Å². The van der Waals surface area contributed by atoms with Crippen LogP contribution in [0.25, 0.3) is 16.8 Å². The fraction of sp³-hybridized carbons (Fsp3) is 0.316. The number of nitrogens with one attached hydrogen (secondary N) is 1. The van der Waals surface area contributed by atoms with Gasteiger partial charge in [-0.2, -0.15) is 0 Å². The van der Waals surface area contributed by atoms with Gasteiger partial charge in [-0.1, -0.05) is 36.4 Å². The first-order chi connectivity index (χ1) is 12.5. The van der Waals surface area contributed by atoms with Gasteiger partial charge in [0.2, 0.25) is 5.91 Å². The molecule has 1 aliphatic heterocycles. The van der Waals surface area contributed by atoms with Gasteiger partial charge in [-0.3, -0.25) is 4.79 Å². The molecule has 2 aromatic carbocycles. The number of carbonyl (C=O) groups excluding carboxylic acids is 1. The largest absolute Gasteiger partial charge is 0.394 e. The Hall–Kier alpha value is -2.29. The SMILES string of the molecule is O=C(/C=C/c1ccc2ccccc2c1)N[C@@H]1O[C@H](CO)[C@@H](O)[C@H](O)[C@H]1O. The van der Waals surface area contributed by atoms with Gasteiger partial charge < -0.3 is 30.5 Å². The van der Waals surface area contributed by atoms with Crippen molar-refractivity contribution >= 4 is 22.8 Å². The van der Waals surface area contributed by atoms with E-state index >= 15 is 0 Å². The smallest absolute Gasteiger partial charge is 0.246 e. The quantitative estimate of drug-likeness (QED) is 0.481. The van der Waals surface area contributed by atoms with Crippen LogP contribution in [0.3, 0.4) is 0 Å². The van der Waals surface area contributed by atoms with Crippen LogP contribution in [0.2, 0.25) is 0 Å². The average Bonchev–Trinajstić information content (AvgIpc) is 2.66. The molecule has 2 aromatic rings. The van der Waals surface area contributed by atoms with E-state index < -0.39 is 43.2 Å². The lowest BCUT2D eigenvalue weighted by Gasteiger charge is -2.39. The Bertz CT molecular complexity index is 805. The summed E-state index contributed by atoms with van der Waals surface area (Å²) in [7, 11) is 0. The van der Waals surface area contributed by atoms with Crippen LogP contribution in [0, 0.1) is 0 Å². The van der Waals surface area contributed by atoms with Gasteiger partial charge in [0, 0.05) is 6.08 Å². The summed E-state index contributed by atoms with van der Waals surface area (Å²) in [5.74, 6) is -0.539. The predicted octanol–water partition coefficient (Wildman–Crippen LogP) is -0.231. The Balaban J connectivity index is 1.66. The van der Waals surface area contributed by atoms with Crippen molar-refractivity contribution in [1.29, 1.82) is 0 Å². The summed E-state index contributed by atoms with van der Waals surface area (Å²) in [5, 5.41) is 43.1. The molecule has 26 heavy (non-hydrogen) atoms. The standard InChI is InChI=1S/C19H21NO6/c21-10-14-16(23)17(24)18(25)19(26-14)20-15(22)8-6-11-5-7-12-3-1-2-4-13(12)9-11/h1-9,14,16-19,21,23-25H,10H2,(H,20,22)/b8-6+/t14-,16-,17+,18-,19-/m1/s1. The molecule has 1 amide bonds. The molecule has 5 N–H and O–H groups in total. The molecule has 0 unspecified atom stereocenters. The molecule has 7 nitrogen and oxygen atoms in total. The van der Waals surface area contributed by atoms with Gasteiger partial charge >= 0.3 is 0 Å². The minimum atomic E-state index is -1.53. The van der Waals surface area contributed by atoms with Crippen LogP contribution in [0.15, 0.2) is 48.5 Å².